The lowest BCUT2D eigenvalue weighted by Gasteiger charge is -2.31. The number of aromatic nitrogens is 1. The number of rotatable bonds is 4. The highest BCUT2D eigenvalue weighted by atomic mass is 32.2. The number of nitrogens with zero attached hydrogens (tertiary/aromatic N) is 3. The van der Waals surface area contributed by atoms with E-state index in [1.165, 1.54) is 27.0 Å². The molecule has 1 aliphatic rings. The van der Waals surface area contributed by atoms with Gasteiger partial charge in [-0.05, 0) is 79.7 Å². The van der Waals surface area contributed by atoms with Crippen molar-refractivity contribution in [2.75, 3.05) is 0 Å². The molecule has 0 saturated carbocycles. The summed E-state index contributed by atoms with van der Waals surface area (Å²) in [5.41, 5.74) is 5.00. The average Bonchev–Trinajstić information content (AvgIpc) is 3.15. The summed E-state index contributed by atoms with van der Waals surface area (Å²) in [7, 11) is 0. The van der Waals surface area contributed by atoms with Crippen LogP contribution in [-0.2, 0) is 13.1 Å². The van der Waals surface area contributed by atoms with Crippen LogP contribution >= 0.6 is 23.1 Å². The molecule has 1 aromatic carbocycles. The van der Waals surface area contributed by atoms with E-state index < -0.39 is 0 Å². The number of hydrogen-bond acceptors (Lipinski definition) is 4. The summed E-state index contributed by atoms with van der Waals surface area (Å²) in [6, 6.07) is 11.4. The highest BCUT2D eigenvalue weighted by Gasteiger charge is 2.25. The number of thiophene rings is 1. The molecule has 0 saturated heterocycles. The number of aryl methyl sites for hydroxylation is 2. The Morgan fingerprint density at radius 3 is 2.78 bits per heavy atom. The molecule has 0 unspecified atom stereocenters. The maximum atomic E-state index is 5.00. The van der Waals surface area contributed by atoms with Crippen LogP contribution in [0.5, 0.6) is 0 Å². The van der Waals surface area contributed by atoms with Gasteiger partial charge in [-0.25, -0.2) is 4.98 Å². The molecule has 0 radical (unpaired) electrons. The average molecular weight is 396 g/mol. The standard InChI is InChI=1S/C22H25N3S2/c1-5-16(4)23-22-25(13-19-7-6-8-26-19)12-18-11-17-9-14(2)15(3)10-20(17)24-21(18)27-22/h6-11,16H,5,12-13H2,1-4H3/t16-/m0/s1. The Labute approximate surface area is 169 Å². The zero-order valence-electron chi connectivity index (χ0n) is 16.3. The topological polar surface area (TPSA) is 28.5 Å². The molecule has 0 spiro atoms. The molecular formula is C22H25N3S2. The number of pyridine rings is 1. The minimum Gasteiger partial charge on any atom is -0.342 e. The van der Waals surface area contributed by atoms with Crippen molar-refractivity contribution < 1.29 is 0 Å². The van der Waals surface area contributed by atoms with Crippen molar-refractivity contribution in [1.82, 2.24) is 9.88 Å². The first kappa shape index (κ1) is 18.5. The predicted molar refractivity (Wildman–Crippen MR) is 118 cm³/mol. The van der Waals surface area contributed by atoms with Gasteiger partial charge in [-0.2, -0.15) is 0 Å². The van der Waals surface area contributed by atoms with Gasteiger partial charge in [0.25, 0.3) is 0 Å². The molecule has 4 rings (SSSR count). The summed E-state index contributed by atoms with van der Waals surface area (Å²) in [4.78, 5) is 13.8. The second kappa shape index (κ2) is 7.64. The van der Waals surface area contributed by atoms with E-state index in [-0.39, 0.29) is 0 Å². The number of fused-ring (bicyclic) bond motifs is 2. The number of aliphatic imine (C=N–C) groups is 1. The zero-order chi connectivity index (χ0) is 19.0. The highest BCUT2D eigenvalue weighted by Crippen LogP contribution is 2.35. The third-order valence-electron chi connectivity index (χ3n) is 5.14. The second-order valence-corrected chi connectivity index (χ2v) is 9.28. The summed E-state index contributed by atoms with van der Waals surface area (Å²) in [5, 5.41) is 5.58. The molecule has 3 heterocycles. The first-order valence-corrected chi connectivity index (χ1v) is 11.2. The van der Waals surface area contributed by atoms with Crippen LogP contribution in [0.1, 0.15) is 41.8 Å². The quantitative estimate of drug-likeness (QED) is 0.528. The van der Waals surface area contributed by atoms with Gasteiger partial charge in [0.1, 0.15) is 5.03 Å². The maximum Gasteiger partial charge on any atom is 0.166 e. The van der Waals surface area contributed by atoms with Gasteiger partial charge in [-0.3, -0.25) is 4.99 Å². The fourth-order valence-corrected chi connectivity index (χ4v) is 4.98. The Bertz CT molecular complexity index is 992. The fourth-order valence-electron chi connectivity index (χ4n) is 3.19. The lowest BCUT2D eigenvalue weighted by molar-refractivity contribution is 0.406. The van der Waals surface area contributed by atoms with E-state index in [1.54, 1.807) is 11.8 Å². The lowest BCUT2D eigenvalue weighted by Crippen LogP contribution is -2.32. The van der Waals surface area contributed by atoms with E-state index in [0.717, 1.165) is 35.2 Å². The van der Waals surface area contributed by atoms with Crippen molar-refractivity contribution in [2.45, 2.75) is 58.3 Å². The zero-order valence-corrected chi connectivity index (χ0v) is 18.0. The Hall–Kier alpha value is -1.85. The number of benzene rings is 1. The number of thioether (sulfide) groups is 1. The summed E-state index contributed by atoms with van der Waals surface area (Å²) in [6.45, 7) is 10.5. The van der Waals surface area contributed by atoms with Gasteiger partial charge in [0.15, 0.2) is 5.17 Å². The Morgan fingerprint density at radius 2 is 2.04 bits per heavy atom. The number of amidine groups is 1. The highest BCUT2D eigenvalue weighted by molar-refractivity contribution is 8.13. The van der Waals surface area contributed by atoms with Crippen LogP contribution in [0.4, 0.5) is 0 Å². The van der Waals surface area contributed by atoms with Gasteiger partial charge < -0.3 is 4.90 Å². The van der Waals surface area contributed by atoms with Crippen molar-refractivity contribution in [1.29, 1.82) is 0 Å². The monoisotopic (exact) mass is 395 g/mol. The van der Waals surface area contributed by atoms with E-state index in [1.807, 2.05) is 11.3 Å². The van der Waals surface area contributed by atoms with Crippen molar-refractivity contribution in [2.24, 2.45) is 4.99 Å². The fraction of sp³-hybridized carbons (Fsp3) is 0.364. The molecule has 5 heteroatoms. The van der Waals surface area contributed by atoms with Crippen molar-refractivity contribution in [3.63, 3.8) is 0 Å². The van der Waals surface area contributed by atoms with Crippen molar-refractivity contribution in [3.8, 4) is 0 Å². The molecule has 0 aliphatic carbocycles. The van der Waals surface area contributed by atoms with Crippen LogP contribution in [0.25, 0.3) is 10.9 Å². The van der Waals surface area contributed by atoms with Gasteiger partial charge in [0, 0.05) is 28.4 Å². The smallest absolute Gasteiger partial charge is 0.166 e. The first-order valence-electron chi connectivity index (χ1n) is 9.47. The summed E-state index contributed by atoms with van der Waals surface area (Å²) < 4.78 is 0. The van der Waals surface area contributed by atoms with E-state index in [0.29, 0.717) is 6.04 Å². The third-order valence-corrected chi connectivity index (χ3v) is 7.09. The molecular weight excluding hydrogens is 370 g/mol. The minimum atomic E-state index is 0.324. The molecule has 1 aliphatic heterocycles. The summed E-state index contributed by atoms with van der Waals surface area (Å²) in [5.74, 6) is 0. The van der Waals surface area contributed by atoms with Crippen LogP contribution in [0.15, 0.2) is 45.7 Å². The molecule has 0 fully saturated rings. The SMILES string of the molecule is CC[C@H](C)N=C1Sc2nc3cc(C)c(C)cc3cc2CN1Cc1cccs1. The van der Waals surface area contributed by atoms with Crippen molar-refractivity contribution in [3.05, 3.63) is 57.3 Å². The van der Waals surface area contributed by atoms with Crippen LogP contribution < -0.4 is 0 Å². The van der Waals surface area contributed by atoms with E-state index in [2.05, 4.69) is 68.3 Å². The third kappa shape index (κ3) is 3.90. The molecule has 2 aromatic heterocycles. The van der Waals surface area contributed by atoms with Gasteiger partial charge in [-0.15, -0.1) is 11.3 Å². The number of hydrogen-bond donors (Lipinski definition) is 0. The summed E-state index contributed by atoms with van der Waals surface area (Å²) >= 11 is 3.53. The molecule has 0 amide bonds. The van der Waals surface area contributed by atoms with Crippen LogP contribution in [0.3, 0.4) is 0 Å². The van der Waals surface area contributed by atoms with Gasteiger partial charge in [-0.1, -0.05) is 13.0 Å². The Balaban J connectivity index is 1.75. The second-order valence-electron chi connectivity index (χ2n) is 7.29. The van der Waals surface area contributed by atoms with Crippen molar-refractivity contribution >= 4 is 39.2 Å². The molecule has 0 bridgehead atoms. The molecule has 140 valence electrons. The van der Waals surface area contributed by atoms with Crippen LogP contribution in [0, 0.1) is 13.8 Å². The van der Waals surface area contributed by atoms with Gasteiger partial charge in [0.2, 0.25) is 0 Å². The van der Waals surface area contributed by atoms with E-state index in [9.17, 15) is 0 Å². The largest absolute Gasteiger partial charge is 0.342 e. The minimum absolute atomic E-state index is 0.324. The molecule has 27 heavy (non-hydrogen) atoms. The lowest BCUT2D eigenvalue weighted by atomic mass is 10.0. The summed E-state index contributed by atoms with van der Waals surface area (Å²) in [6.07, 6.45) is 1.05. The van der Waals surface area contributed by atoms with Gasteiger partial charge >= 0.3 is 0 Å². The molecule has 3 nitrogen and oxygen atoms in total. The Kier molecular flexibility index (Phi) is 5.24. The molecule has 0 N–H and O–H groups in total. The van der Waals surface area contributed by atoms with E-state index in [4.69, 9.17) is 9.98 Å². The predicted octanol–water partition coefficient (Wildman–Crippen LogP) is 6.18. The van der Waals surface area contributed by atoms with Crippen LogP contribution in [-0.4, -0.2) is 21.1 Å². The Morgan fingerprint density at radius 1 is 1.22 bits per heavy atom. The molecule has 3 aromatic rings. The maximum absolute atomic E-state index is 5.00. The van der Waals surface area contributed by atoms with E-state index >= 15 is 0 Å². The normalized spacial score (nSPS) is 16.7. The van der Waals surface area contributed by atoms with Gasteiger partial charge in [0.05, 0.1) is 12.1 Å². The first-order chi connectivity index (χ1) is 13.0. The van der Waals surface area contributed by atoms with Crippen LogP contribution in [0.2, 0.25) is 0 Å². The molecule has 1 atom stereocenters.